The van der Waals surface area contributed by atoms with Crippen molar-refractivity contribution in [1.82, 2.24) is 5.32 Å². The van der Waals surface area contributed by atoms with Crippen molar-refractivity contribution in [1.29, 1.82) is 0 Å². The number of nitrogens with one attached hydrogen (secondary N) is 1. The maximum atomic E-state index is 5.54. The SMILES string of the molecule is COC(C)(C)CCC(CNC(C)C)c1cccc(Br)c1. The Morgan fingerprint density at radius 3 is 2.55 bits per heavy atom. The molecule has 114 valence electrons. The number of hydrogen-bond donors (Lipinski definition) is 1. The van der Waals surface area contributed by atoms with Crippen LogP contribution in [0.3, 0.4) is 0 Å². The molecule has 0 aliphatic heterocycles. The smallest absolute Gasteiger partial charge is 0.0623 e. The van der Waals surface area contributed by atoms with Crippen LogP contribution in [0.15, 0.2) is 28.7 Å². The summed E-state index contributed by atoms with van der Waals surface area (Å²) >= 11 is 3.57. The first-order valence-electron chi connectivity index (χ1n) is 7.38. The lowest BCUT2D eigenvalue weighted by atomic mass is 9.89. The number of benzene rings is 1. The molecule has 1 aromatic carbocycles. The first kappa shape index (κ1) is 17.7. The minimum Gasteiger partial charge on any atom is -0.379 e. The monoisotopic (exact) mass is 341 g/mol. The molecule has 1 atom stereocenters. The summed E-state index contributed by atoms with van der Waals surface area (Å²) in [5.41, 5.74) is 1.33. The topological polar surface area (TPSA) is 21.3 Å². The zero-order valence-electron chi connectivity index (χ0n) is 13.4. The fraction of sp³-hybridized carbons (Fsp3) is 0.647. The number of methoxy groups -OCH3 is 1. The number of halogens is 1. The van der Waals surface area contributed by atoms with E-state index >= 15 is 0 Å². The van der Waals surface area contributed by atoms with Crippen LogP contribution in [-0.2, 0) is 4.74 Å². The fourth-order valence-electron chi connectivity index (χ4n) is 2.15. The zero-order valence-corrected chi connectivity index (χ0v) is 15.0. The van der Waals surface area contributed by atoms with Crippen molar-refractivity contribution in [3.8, 4) is 0 Å². The third-order valence-corrected chi connectivity index (χ3v) is 4.23. The Labute approximate surface area is 132 Å². The lowest BCUT2D eigenvalue weighted by Gasteiger charge is -2.27. The van der Waals surface area contributed by atoms with Crippen LogP contribution in [0.1, 0.15) is 52.0 Å². The molecule has 20 heavy (non-hydrogen) atoms. The van der Waals surface area contributed by atoms with Crippen LogP contribution >= 0.6 is 15.9 Å². The van der Waals surface area contributed by atoms with Gasteiger partial charge in [0, 0.05) is 24.2 Å². The number of ether oxygens (including phenoxy) is 1. The van der Waals surface area contributed by atoms with Crippen molar-refractivity contribution in [2.24, 2.45) is 0 Å². The van der Waals surface area contributed by atoms with E-state index in [0.717, 1.165) is 23.9 Å². The minimum absolute atomic E-state index is 0.0535. The van der Waals surface area contributed by atoms with E-state index in [1.807, 2.05) is 0 Å². The maximum absolute atomic E-state index is 5.54. The highest BCUT2D eigenvalue weighted by Crippen LogP contribution is 2.27. The van der Waals surface area contributed by atoms with E-state index in [-0.39, 0.29) is 5.60 Å². The van der Waals surface area contributed by atoms with Gasteiger partial charge in [0.05, 0.1) is 5.60 Å². The first-order valence-corrected chi connectivity index (χ1v) is 8.17. The quantitative estimate of drug-likeness (QED) is 0.737. The van der Waals surface area contributed by atoms with Crippen LogP contribution in [0.5, 0.6) is 0 Å². The minimum atomic E-state index is -0.0535. The first-order chi connectivity index (χ1) is 9.34. The van der Waals surface area contributed by atoms with Crippen LogP contribution in [0.25, 0.3) is 0 Å². The van der Waals surface area contributed by atoms with Gasteiger partial charge in [0.2, 0.25) is 0 Å². The van der Waals surface area contributed by atoms with E-state index in [0.29, 0.717) is 12.0 Å². The predicted octanol–water partition coefficient (Wildman–Crippen LogP) is 4.74. The van der Waals surface area contributed by atoms with E-state index in [9.17, 15) is 0 Å². The molecule has 0 spiro atoms. The van der Waals surface area contributed by atoms with E-state index in [1.54, 1.807) is 7.11 Å². The van der Waals surface area contributed by atoms with Crippen molar-refractivity contribution < 1.29 is 4.74 Å². The molecule has 0 radical (unpaired) electrons. The van der Waals surface area contributed by atoms with Gasteiger partial charge in [-0.1, -0.05) is 41.9 Å². The Morgan fingerprint density at radius 1 is 1.30 bits per heavy atom. The second-order valence-corrected chi connectivity index (χ2v) is 7.23. The summed E-state index contributed by atoms with van der Waals surface area (Å²) in [6.45, 7) is 9.70. The zero-order chi connectivity index (χ0) is 15.2. The van der Waals surface area contributed by atoms with E-state index < -0.39 is 0 Å². The number of hydrogen-bond acceptors (Lipinski definition) is 2. The highest BCUT2D eigenvalue weighted by molar-refractivity contribution is 9.10. The van der Waals surface area contributed by atoms with Crippen molar-refractivity contribution in [3.63, 3.8) is 0 Å². The standard InChI is InChI=1S/C17H28BrNO/c1-13(2)19-12-15(9-10-17(3,4)20-5)14-7-6-8-16(18)11-14/h6-8,11,13,15,19H,9-10,12H2,1-5H3. The molecule has 0 bridgehead atoms. The Balaban J connectivity index is 2.74. The van der Waals surface area contributed by atoms with Crippen LogP contribution in [0.2, 0.25) is 0 Å². The maximum Gasteiger partial charge on any atom is 0.0623 e. The molecule has 1 aromatic rings. The fourth-order valence-corrected chi connectivity index (χ4v) is 2.57. The molecule has 1 unspecified atom stereocenters. The molecule has 0 aromatic heterocycles. The molecule has 3 heteroatoms. The van der Waals surface area contributed by atoms with Crippen LogP contribution < -0.4 is 5.32 Å². The summed E-state index contributed by atoms with van der Waals surface area (Å²) in [6.07, 6.45) is 2.18. The predicted molar refractivity (Wildman–Crippen MR) is 90.3 cm³/mol. The van der Waals surface area contributed by atoms with Crippen LogP contribution in [0, 0.1) is 0 Å². The van der Waals surface area contributed by atoms with Gasteiger partial charge in [-0.25, -0.2) is 0 Å². The Bertz CT molecular complexity index is 404. The number of rotatable bonds is 8. The van der Waals surface area contributed by atoms with Gasteiger partial charge >= 0.3 is 0 Å². The second kappa shape index (κ2) is 8.16. The Hall–Kier alpha value is -0.380. The molecule has 0 fully saturated rings. The molecular formula is C17H28BrNO. The summed E-state index contributed by atoms with van der Waals surface area (Å²) < 4.78 is 6.69. The summed E-state index contributed by atoms with van der Waals surface area (Å²) in [6, 6.07) is 9.16. The summed E-state index contributed by atoms with van der Waals surface area (Å²) in [4.78, 5) is 0. The van der Waals surface area contributed by atoms with Gasteiger partial charge in [0.1, 0.15) is 0 Å². The molecule has 0 saturated heterocycles. The average Bonchev–Trinajstić information content (AvgIpc) is 2.38. The molecule has 2 nitrogen and oxygen atoms in total. The van der Waals surface area contributed by atoms with Gasteiger partial charge < -0.3 is 10.1 Å². The Kier molecular flexibility index (Phi) is 7.21. The van der Waals surface area contributed by atoms with Gasteiger partial charge in [0.15, 0.2) is 0 Å². The van der Waals surface area contributed by atoms with E-state index in [1.165, 1.54) is 5.56 Å². The summed E-state index contributed by atoms with van der Waals surface area (Å²) in [5.74, 6) is 0.518. The largest absolute Gasteiger partial charge is 0.379 e. The average molecular weight is 342 g/mol. The molecule has 0 saturated carbocycles. The highest BCUT2D eigenvalue weighted by atomic mass is 79.9. The van der Waals surface area contributed by atoms with Crippen molar-refractivity contribution >= 4 is 15.9 Å². The summed E-state index contributed by atoms with van der Waals surface area (Å²) in [5, 5.41) is 3.56. The molecule has 0 aliphatic rings. The normalized spacial score (nSPS) is 13.8. The second-order valence-electron chi connectivity index (χ2n) is 6.32. The molecular weight excluding hydrogens is 314 g/mol. The van der Waals surface area contributed by atoms with Crippen molar-refractivity contribution in [3.05, 3.63) is 34.3 Å². The highest BCUT2D eigenvalue weighted by Gasteiger charge is 2.20. The van der Waals surface area contributed by atoms with Gasteiger partial charge in [0.25, 0.3) is 0 Å². The van der Waals surface area contributed by atoms with E-state index in [4.69, 9.17) is 4.74 Å². The van der Waals surface area contributed by atoms with E-state index in [2.05, 4.69) is 73.2 Å². The third kappa shape index (κ3) is 6.38. The lowest BCUT2D eigenvalue weighted by Crippen LogP contribution is -2.30. The molecule has 0 aliphatic carbocycles. The summed E-state index contributed by atoms with van der Waals surface area (Å²) in [7, 11) is 1.79. The van der Waals surface area contributed by atoms with Gasteiger partial charge in [-0.05, 0) is 50.3 Å². The van der Waals surface area contributed by atoms with Crippen LogP contribution in [-0.4, -0.2) is 25.3 Å². The molecule has 0 amide bonds. The van der Waals surface area contributed by atoms with Gasteiger partial charge in [-0.15, -0.1) is 0 Å². The molecule has 0 heterocycles. The van der Waals surface area contributed by atoms with Gasteiger partial charge in [-0.2, -0.15) is 0 Å². The third-order valence-electron chi connectivity index (χ3n) is 3.74. The van der Waals surface area contributed by atoms with Gasteiger partial charge in [-0.3, -0.25) is 0 Å². The molecule has 1 rings (SSSR count). The molecule has 1 N–H and O–H groups in total. The van der Waals surface area contributed by atoms with Crippen molar-refractivity contribution in [2.75, 3.05) is 13.7 Å². The van der Waals surface area contributed by atoms with Crippen LogP contribution in [0.4, 0.5) is 0 Å². The Morgan fingerprint density at radius 2 is 2.00 bits per heavy atom. The lowest BCUT2D eigenvalue weighted by molar-refractivity contribution is 0.0123. The van der Waals surface area contributed by atoms with Crippen molar-refractivity contribution in [2.45, 2.75) is 58.1 Å².